The fraction of sp³-hybridized carbons (Fsp3) is 0.263. The third-order valence-electron chi connectivity index (χ3n) is 3.89. The second kappa shape index (κ2) is 9.46. The quantitative estimate of drug-likeness (QED) is 0.454. The van der Waals surface area contributed by atoms with Crippen LogP contribution in [0.3, 0.4) is 0 Å². The Bertz CT molecular complexity index is 952. The monoisotopic (exact) mass is 446 g/mol. The molecule has 0 aliphatic heterocycles. The highest BCUT2D eigenvalue weighted by molar-refractivity contribution is 5.87. The van der Waals surface area contributed by atoms with Crippen LogP contribution in [0.5, 0.6) is 5.75 Å². The molecule has 0 spiro atoms. The average molecular weight is 446 g/mol. The van der Waals surface area contributed by atoms with E-state index in [0.29, 0.717) is 16.7 Å². The van der Waals surface area contributed by atoms with E-state index in [0.717, 1.165) is 12.1 Å². The third-order valence-corrected chi connectivity index (χ3v) is 3.89. The number of hydrogen-bond donors (Lipinski definition) is 2. The van der Waals surface area contributed by atoms with Gasteiger partial charge in [-0.25, -0.2) is 9.64 Å². The largest absolute Gasteiger partial charge is 0.492 e. The number of ether oxygens (including phenoxy) is 1. The molecule has 31 heavy (non-hydrogen) atoms. The summed E-state index contributed by atoms with van der Waals surface area (Å²) in [5.41, 5.74) is 2.98. The lowest BCUT2D eigenvalue weighted by atomic mass is 10.1. The number of halogens is 6. The molecule has 0 aromatic heterocycles. The van der Waals surface area contributed by atoms with Crippen molar-refractivity contribution >= 4 is 23.1 Å². The van der Waals surface area contributed by atoms with Gasteiger partial charge in [-0.1, -0.05) is 6.07 Å². The Morgan fingerprint density at radius 3 is 2.26 bits per heavy atom. The van der Waals surface area contributed by atoms with Gasteiger partial charge in [-0.05, 0) is 36.4 Å². The maximum atomic E-state index is 13.2. The van der Waals surface area contributed by atoms with E-state index in [1.807, 2.05) is 0 Å². The molecule has 0 saturated carbocycles. The topological polar surface area (TPSA) is 71.9 Å². The van der Waals surface area contributed by atoms with Crippen LogP contribution in [0.25, 0.3) is 4.85 Å². The van der Waals surface area contributed by atoms with E-state index in [9.17, 15) is 31.1 Å². The molecule has 2 aromatic carbocycles. The van der Waals surface area contributed by atoms with Gasteiger partial charge in [0.05, 0.1) is 18.7 Å². The Morgan fingerprint density at radius 2 is 1.74 bits per heavy atom. The van der Waals surface area contributed by atoms with Crippen LogP contribution in [0.15, 0.2) is 42.5 Å². The molecule has 0 saturated heterocycles. The number of rotatable bonds is 7. The van der Waals surface area contributed by atoms with Gasteiger partial charge in [0, 0.05) is 11.4 Å². The van der Waals surface area contributed by atoms with E-state index in [2.05, 4.69) is 10.2 Å². The van der Waals surface area contributed by atoms with E-state index in [-0.39, 0.29) is 24.6 Å². The van der Waals surface area contributed by atoms with Crippen molar-refractivity contribution in [1.29, 1.82) is 0 Å². The van der Waals surface area contributed by atoms with E-state index >= 15 is 0 Å². The predicted octanol–water partition coefficient (Wildman–Crippen LogP) is 5.19. The molecule has 166 valence electrons. The van der Waals surface area contributed by atoms with Crippen molar-refractivity contribution in [1.82, 2.24) is 0 Å². The summed E-state index contributed by atoms with van der Waals surface area (Å²) in [6.45, 7) is 4.67. The number of nitrogens with one attached hydrogen (secondary N) is 1. The molecule has 2 rings (SSSR count). The Morgan fingerprint density at radius 1 is 1.10 bits per heavy atom. The van der Waals surface area contributed by atoms with Crippen LogP contribution >= 0.6 is 0 Å². The van der Waals surface area contributed by atoms with Crippen molar-refractivity contribution in [2.24, 2.45) is 5.73 Å². The molecule has 0 aliphatic carbocycles. The van der Waals surface area contributed by atoms with Crippen LogP contribution in [0.1, 0.15) is 5.56 Å². The number of alkyl halides is 6. The van der Waals surface area contributed by atoms with Crippen LogP contribution in [-0.2, 0) is 6.18 Å². The Labute approximate surface area is 173 Å². The maximum Gasteiger partial charge on any atom is 0.407 e. The summed E-state index contributed by atoms with van der Waals surface area (Å²) < 4.78 is 83.7. The van der Waals surface area contributed by atoms with Crippen molar-refractivity contribution in [2.45, 2.75) is 12.4 Å². The van der Waals surface area contributed by atoms with Crippen LogP contribution in [-0.4, -0.2) is 31.9 Å². The number of carbonyl (C=O) groups is 1. The molecule has 2 amide bonds. The van der Waals surface area contributed by atoms with Gasteiger partial charge in [0.15, 0.2) is 5.69 Å². The molecule has 12 heteroatoms. The molecule has 0 fully saturated rings. The molecule has 0 heterocycles. The van der Waals surface area contributed by atoms with Crippen molar-refractivity contribution in [3.8, 4) is 5.75 Å². The summed E-state index contributed by atoms with van der Waals surface area (Å²) in [5.74, 6) is 0.265. The number of primary amides is 1. The molecule has 0 atom stereocenters. The average Bonchev–Trinajstić information content (AvgIpc) is 2.66. The molecule has 3 N–H and O–H groups in total. The highest BCUT2D eigenvalue weighted by Crippen LogP contribution is 2.39. The number of carbonyl (C=O) groups excluding carboxylic acids is 1. The van der Waals surface area contributed by atoms with E-state index in [1.165, 1.54) is 24.3 Å². The summed E-state index contributed by atoms with van der Waals surface area (Å²) >= 11 is 0. The summed E-state index contributed by atoms with van der Waals surface area (Å²) in [4.78, 5) is 14.2. The summed E-state index contributed by atoms with van der Waals surface area (Å²) in [6.07, 6.45) is -9.57. The second-order valence-electron chi connectivity index (χ2n) is 6.21. The van der Waals surface area contributed by atoms with Gasteiger partial charge in [-0.2, -0.15) is 26.3 Å². The summed E-state index contributed by atoms with van der Waals surface area (Å²) in [6, 6.07) is 7.37. The maximum absolute atomic E-state index is 13.2. The number of anilines is 2. The van der Waals surface area contributed by atoms with Crippen LogP contribution in [0, 0.1) is 6.57 Å². The van der Waals surface area contributed by atoms with Crippen molar-refractivity contribution < 1.29 is 35.9 Å². The molecule has 6 nitrogen and oxygen atoms in total. The van der Waals surface area contributed by atoms with Gasteiger partial charge in [0.1, 0.15) is 18.9 Å². The van der Waals surface area contributed by atoms with E-state index in [4.69, 9.17) is 17.0 Å². The Hall–Kier alpha value is -3.62. The normalized spacial score (nSPS) is 11.5. The van der Waals surface area contributed by atoms with Gasteiger partial charge in [-0.3, -0.25) is 0 Å². The number of urea groups is 1. The number of amides is 2. The fourth-order valence-electron chi connectivity index (χ4n) is 2.61. The Balaban J connectivity index is 2.16. The first-order chi connectivity index (χ1) is 14.4. The molecule has 0 aliphatic rings. The lowest BCUT2D eigenvalue weighted by molar-refractivity contribution is -0.136. The Kier molecular flexibility index (Phi) is 7.22. The molecule has 0 radical (unpaired) electrons. The SMILES string of the molecule is [C-]#[N+]c1ccc(N(CCOc2ccc(NC(N)=O)cc2)CC(F)(F)F)cc1C(F)(F)F. The zero-order valence-electron chi connectivity index (χ0n) is 15.7. The summed E-state index contributed by atoms with van der Waals surface area (Å²) in [5, 5.41) is 2.32. The molecule has 0 unspecified atom stereocenters. The number of nitrogens with zero attached hydrogens (tertiary/aromatic N) is 2. The minimum atomic E-state index is -4.89. The number of hydrogen-bond acceptors (Lipinski definition) is 3. The van der Waals surface area contributed by atoms with Crippen LogP contribution in [0.4, 0.5) is 48.2 Å². The van der Waals surface area contributed by atoms with E-state index < -0.39 is 36.2 Å². The van der Waals surface area contributed by atoms with Crippen molar-refractivity contribution in [3.05, 3.63) is 59.4 Å². The minimum Gasteiger partial charge on any atom is -0.492 e. The third kappa shape index (κ3) is 7.29. The van der Waals surface area contributed by atoms with Crippen molar-refractivity contribution in [2.75, 3.05) is 29.9 Å². The molecular weight excluding hydrogens is 430 g/mol. The molecular formula is C19H16F6N4O2. The smallest absolute Gasteiger partial charge is 0.407 e. The van der Waals surface area contributed by atoms with Gasteiger partial charge >= 0.3 is 18.4 Å². The zero-order chi connectivity index (χ0) is 23.2. The highest BCUT2D eigenvalue weighted by Gasteiger charge is 2.35. The van der Waals surface area contributed by atoms with Gasteiger partial charge < -0.3 is 20.7 Å². The number of nitrogens with two attached hydrogens (primary N) is 1. The number of benzene rings is 2. The first-order valence-corrected chi connectivity index (χ1v) is 8.59. The lowest BCUT2D eigenvalue weighted by Crippen LogP contribution is -2.37. The first kappa shape index (κ1) is 23.7. The molecule has 2 aromatic rings. The zero-order valence-corrected chi connectivity index (χ0v) is 15.7. The van der Waals surface area contributed by atoms with Crippen molar-refractivity contribution in [3.63, 3.8) is 0 Å². The van der Waals surface area contributed by atoms with Crippen LogP contribution < -0.4 is 20.7 Å². The van der Waals surface area contributed by atoms with Gasteiger partial charge in [0.2, 0.25) is 0 Å². The fourth-order valence-corrected chi connectivity index (χ4v) is 2.61. The van der Waals surface area contributed by atoms with E-state index in [1.54, 1.807) is 0 Å². The predicted molar refractivity (Wildman–Crippen MR) is 101 cm³/mol. The standard InChI is InChI=1S/C19H16F6N4O2/c1-27-16-7-4-13(10-15(16)19(23,24)25)29(11-18(20,21)22)8-9-31-14-5-2-12(3-6-14)28-17(26)30/h2-7,10H,8-9,11H2,(H3,26,28,30). The first-order valence-electron chi connectivity index (χ1n) is 8.59. The summed E-state index contributed by atoms with van der Waals surface area (Å²) in [7, 11) is 0. The highest BCUT2D eigenvalue weighted by atomic mass is 19.4. The van der Waals surface area contributed by atoms with Gasteiger partial charge in [0.25, 0.3) is 0 Å². The second-order valence-corrected chi connectivity index (χ2v) is 6.21. The minimum absolute atomic E-state index is 0.265. The van der Waals surface area contributed by atoms with Crippen LogP contribution in [0.2, 0.25) is 0 Å². The van der Waals surface area contributed by atoms with Gasteiger partial charge in [-0.15, -0.1) is 0 Å². The lowest BCUT2D eigenvalue weighted by Gasteiger charge is -2.27. The molecule has 0 bridgehead atoms.